The Morgan fingerprint density at radius 1 is 0.889 bits per heavy atom. The van der Waals surface area contributed by atoms with Crippen LogP contribution in [0.4, 0.5) is 0 Å². The number of ether oxygens (including phenoxy) is 1. The van der Waals surface area contributed by atoms with Gasteiger partial charge in [0.1, 0.15) is 5.75 Å². The highest BCUT2D eigenvalue weighted by Crippen LogP contribution is 2.15. The molecule has 98 valence electrons. The fraction of sp³-hybridized carbons (Fsp3) is 0.467. The third kappa shape index (κ3) is 5.13. The Kier molecular flexibility index (Phi) is 5.56. The van der Waals surface area contributed by atoms with Crippen LogP contribution in [0.1, 0.15) is 38.8 Å². The average Bonchev–Trinajstić information content (AvgIpc) is 2.33. The van der Waals surface area contributed by atoms with Crippen molar-refractivity contribution in [3.63, 3.8) is 0 Å². The van der Waals surface area contributed by atoms with Crippen molar-refractivity contribution in [2.75, 3.05) is 7.11 Å². The summed E-state index contributed by atoms with van der Waals surface area (Å²) in [4.78, 5) is 8.76. The first kappa shape index (κ1) is 14.4. The lowest BCUT2D eigenvalue weighted by Crippen LogP contribution is -1.95. The lowest BCUT2D eigenvalue weighted by molar-refractivity contribution is 0.414. The van der Waals surface area contributed by atoms with E-state index in [0.29, 0.717) is 12.1 Å². The van der Waals surface area contributed by atoms with E-state index in [1.807, 2.05) is 24.6 Å². The Bertz CT molecular complexity index is 398. The van der Waals surface area contributed by atoms with Gasteiger partial charge in [-0.1, -0.05) is 0 Å². The number of benzene rings is 1. The molecule has 18 heavy (non-hydrogen) atoms. The van der Waals surface area contributed by atoms with Crippen LogP contribution < -0.4 is 4.74 Å². The van der Waals surface area contributed by atoms with Crippen molar-refractivity contribution in [1.29, 1.82) is 0 Å². The molecule has 0 aliphatic rings. The second-order valence-electron chi connectivity index (χ2n) is 4.78. The molecular formula is C15H22N2O. The number of aliphatic imine (C=N–C) groups is 2. The van der Waals surface area contributed by atoms with Crippen molar-refractivity contribution >= 4 is 12.4 Å². The maximum absolute atomic E-state index is 5.29. The summed E-state index contributed by atoms with van der Waals surface area (Å²) in [6.45, 7) is 8.21. The number of nitrogens with zero attached hydrogens (tertiary/aromatic N) is 2. The molecule has 1 rings (SSSR count). The van der Waals surface area contributed by atoms with Crippen LogP contribution >= 0.6 is 0 Å². The smallest absolute Gasteiger partial charge is 0.120 e. The minimum Gasteiger partial charge on any atom is -0.497 e. The van der Waals surface area contributed by atoms with Gasteiger partial charge in [-0.15, -0.1) is 0 Å². The monoisotopic (exact) mass is 246 g/mol. The van der Waals surface area contributed by atoms with E-state index in [2.05, 4.69) is 43.7 Å². The molecule has 0 saturated carbocycles. The Balaban J connectivity index is 3.01. The first-order chi connectivity index (χ1) is 8.51. The van der Waals surface area contributed by atoms with Crippen molar-refractivity contribution in [1.82, 2.24) is 0 Å². The van der Waals surface area contributed by atoms with Crippen LogP contribution in [-0.4, -0.2) is 31.6 Å². The molecule has 0 saturated heterocycles. The second-order valence-corrected chi connectivity index (χ2v) is 4.78. The van der Waals surface area contributed by atoms with Crippen LogP contribution in [0.15, 0.2) is 28.2 Å². The van der Waals surface area contributed by atoms with Gasteiger partial charge in [-0.2, -0.15) is 0 Å². The first-order valence-electron chi connectivity index (χ1n) is 6.26. The Labute approximate surface area is 110 Å². The zero-order chi connectivity index (χ0) is 13.5. The third-order valence-electron chi connectivity index (χ3n) is 2.23. The van der Waals surface area contributed by atoms with Gasteiger partial charge in [-0.05, 0) is 57.0 Å². The van der Waals surface area contributed by atoms with Gasteiger partial charge in [-0.25, -0.2) is 0 Å². The van der Waals surface area contributed by atoms with Gasteiger partial charge in [0.25, 0.3) is 0 Å². The molecule has 0 atom stereocenters. The van der Waals surface area contributed by atoms with Crippen molar-refractivity contribution in [3.05, 3.63) is 29.3 Å². The van der Waals surface area contributed by atoms with Crippen LogP contribution in [0.2, 0.25) is 0 Å². The van der Waals surface area contributed by atoms with E-state index >= 15 is 0 Å². The maximum Gasteiger partial charge on any atom is 0.120 e. The highest BCUT2D eigenvalue weighted by molar-refractivity contribution is 5.87. The van der Waals surface area contributed by atoms with Crippen molar-refractivity contribution < 1.29 is 4.74 Å². The molecule has 3 nitrogen and oxygen atoms in total. The van der Waals surface area contributed by atoms with Gasteiger partial charge in [-0.3, -0.25) is 9.98 Å². The highest BCUT2D eigenvalue weighted by Gasteiger charge is 1.99. The van der Waals surface area contributed by atoms with Gasteiger partial charge in [0.2, 0.25) is 0 Å². The van der Waals surface area contributed by atoms with E-state index in [0.717, 1.165) is 16.9 Å². The van der Waals surface area contributed by atoms with Crippen LogP contribution in [0.25, 0.3) is 0 Å². The molecule has 0 aromatic heterocycles. The van der Waals surface area contributed by atoms with Crippen LogP contribution in [-0.2, 0) is 0 Å². The van der Waals surface area contributed by atoms with Crippen LogP contribution in [0, 0.1) is 0 Å². The summed E-state index contributed by atoms with van der Waals surface area (Å²) in [6, 6.07) is 6.59. The molecule has 0 amide bonds. The van der Waals surface area contributed by atoms with Gasteiger partial charge >= 0.3 is 0 Å². The molecule has 0 bridgehead atoms. The summed E-state index contributed by atoms with van der Waals surface area (Å²) < 4.78 is 5.29. The maximum atomic E-state index is 5.29. The summed E-state index contributed by atoms with van der Waals surface area (Å²) in [5, 5.41) is 0. The van der Waals surface area contributed by atoms with Crippen LogP contribution in [0.3, 0.4) is 0 Å². The van der Waals surface area contributed by atoms with Crippen molar-refractivity contribution in [2.45, 2.75) is 39.8 Å². The van der Waals surface area contributed by atoms with E-state index in [9.17, 15) is 0 Å². The molecule has 0 aliphatic heterocycles. The zero-order valence-electron chi connectivity index (χ0n) is 11.8. The summed E-state index contributed by atoms with van der Waals surface area (Å²) in [5.41, 5.74) is 2.07. The van der Waals surface area contributed by atoms with Gasteiger partial charge < -0.3 is 4.74 Å². The summed E-state index contributed by atoms with van der Waals surface area (Å²) >= 11 is 0. The molecular weight excluding hydrogens is 224 g/mol. The molecule has 0 unspecified atom stereocenters. The predicted octanol–water partition coefficient (Wildman–Crippen LogP) is 3.35. The number of hydrogen-bond acceptors (Lipinski definition) is 3. The minimum atomic E-state index is 0.295. The Morgan fingerprint density at radius 2 is 1.33 bits per heavy atom. The largest absolute Gasteiger partial charge is 0.497 e. The molecule has 0 radical (unpaired) electrons. The van der Waals surface area contributed by atoms with Gasteiger partial charge in [0, 0.05) is 24.5 Å². The van der Waals surface area contributed by atoms with E-state index in [-0.39, 0.29) is 0 Å². The lowest BCUT2D eigenvalue weighted by Gasteiger charge is -2.04. The topological polar surface area (TPSA) is 34.0 Å². The van der Waals surface area contributed by atoms with Crippen molar-refractivity contribution in [3.8, 4) is 5.75 Å². The summed E-state index contributed by atoms with van der Waals surface area (Å²) in [7, 11) is 1.67. The molecule has 0 heterocycles. The molecule has 0 N–H and O–H groups in total. The van der Waals surface area contributed by atoms with Gasteiger partial charge in [0.15, 0.2) is 0 Å². The fourth-order valence-electron chi connectivity index (χ4n) is 1.38. The number of methoxy groups -OCH3 is 1. The van der Waals surface area contributed by atoms with E-state index in [1.165, 1.54) is 0 Å². The first-order valence-corrected chi connectivity index (χ1v) is 6.26. The lowest BCUT2D eigenvalue weighted by atomic mass is 10.1. The summed E-state index contributed by atoms with van der Waals surface area (Å²) in [5.74, 6) is 0.827. The predicted molar refractivity (Wildman–Crippen MR) is 78.5 cm³/mol. The molecule has 0 spiro atoms. The average molecular weight is 246 g/mol. The molecule has 1 aromatic carbocycles. The third-order valence-corrected chi connectivity index (χ3v) is 2.23. The van der Waals surface area contributed by atoms with Gasteiger partial charge in [0.05, 0.1) is 7.11 Å². The molecule has 3 heteroatoms. The number of hydrogen-bond donors (Lipinski definition) is 0. The summed E-state index contributed by atoms with van der Waals surface area (Å²) in [6.07, 6.45) is 3.75. The number of rotatable bonds is 5. The molecule has 1 aromatic rings. The Hall–Kier alpha value is -1.64. The highest BCUT2D eigenvalue weighted by atomic mass is 16.5. The van der Waals surface area contributed by atoms with Crippen molar-refractivity contribution in [2.24, 2.45) is 9.98 Å². The minimum absolute atomic E-state index is 0.295. The standard InChI is InChI=1S/C15H22N2O/c1-11(2)16-9-13-6-14(10-17-12(3)4)8-15(7-13)18-5/h6-12H,1-5H3. The Morgan fingerprint density at radius 3 is 1.67 bits per heavy atom. The molecule has 0 fully saturated rings. The SMILES string of the molecule is COc1cc(C=NC(C)C)cc(C=NC(C)C)c1. The quantitative estimate of drug-likeness (QED) is 0.733. The normalized spacial score (nSPS) is 12.2. The van der Waals surface area contributed by atoms with Crippen LogP contribution in [0.5, 0.6) is 5.75 Å². The fourth-order valence-corrected chi connectivity index (χ4v) is 1.38. The van der Waals surface area contributed by atoms with E-state index < -0.39 is 0 Å². The molecule has 0 aliphatic carbocycles. The second kappa shape index (κ2) is 6.94. The van der Waals surface area contributed by atoms with E-state index in [4.69, 9.17) is 4.74 Å². The zero-order valence-corrected chi connectivity index (χ0v) is 11.8. The van der Waals surface area contributed by atoms with E-state index in [1.54, 1.807) is 7.11 Å².